The van der Waals surface area contributed by atoms with E-state index in [1.165, 1.54) is 11.1 Å². The second kappa shape index (κ2) is 32.1. The topological polar surface area (TPSA) is 168 Å². The number of hydrogen-bond acceptors (Lipinski definition) is 10. The van der Waals surface area contributed by atoms with Crippen LogP contribution in [0, 0.1) is 13.8 Å². The molecule has 0 fully saturated rings. The molecule has 0 radical (unpaired) electrons. The number of carbonyl (C=O) groups excluding carboxylic acids is 2. The fourth-order valence-electron chi connectivity index (χ4n) is 5.45. The molecule has 3 atom stereocenters. The van der Waals surface area contributed by atoms with Gasteiger partial charge in [-0.3, -0.25) is 18.6 Å². The molecular weight excluding hydrogens is 721 g/mol. The van der Waals surface area contributed by atoms with E-state index in [-0.39, 0.29) is 32.6 Å². The average molecular weight is 792 g/mol. The van der Waals surface area contributed by atoms with Gasteiger partial charge in [0.15, 0.2) is 6.10 Å². The van der Waals surface area contributed by atoms with Crippen LogP contribution in [0.4, 0.5) is 0 Å². The van der Waals surface area contributed by atoms with Crippen molar-refractivity contribution < 1.29 is 47.1 Å². The summed E-state index contributed by atoms with van der Waals surface area (Å²) < 4.78 is 38.8. The maximum Gasteiger partial charge on any atom is 0.472 e. The SMILES string of the molecule is CC/C=C\C/C=C\CC(O)/C=C/C=C\C/C=C\CCCC(=O)OC[C@H](COP(=O)(O)OCCN)OC(=O)CCCCCCCCc1oc(CCC)c(C)c1C. The van der Waals surface area contributed by atoms with Crippen LogP contribution in [0.3, 0.4) is 0 Å². The number of carbonyl (C=O) groups is 2. The molecule has 1 aromatic heterocycles. The van der Waals surface area contributed by atoms with E-state index in [2.05, 4.69) is 39.8 Å². The molecule has 4 N–H and O–H groups in total. The van der Waals surface area contributed by atoms with Crippen LogP contribution in [0.2, 0.25) is 0 Å². The van der Waals surface area contributed by atoms with Crippen molar-refractivity contribution in [2.24, 2.45) is 5.73 Å². The number of nitrogens with two attached hydrogens (primary N) is 1. The van der Waals surface area contributed by atoms with Gasteiger partial charge in [-0.25, -0.2) is 4.57 Å². The Morgan fingerprint density at radius 1 is 0.782 bits per heavy atom. The Hall–Kier alpha value is -3.05. The largest absolute Gasteiger partial charge is 0.472 e. The second-order valence-corrected chi connectivity index (χ2v) is 15.0. The molecule has 0 aliphatic heterocycles. The summed E-state index contributed by atoms with van der Waals surface area (Å²) in [5.41, 5.74) is 7.88. The summed E-state index contributed by atoms with van der Waals surface area (Å²) in [5, 5.41) is 10.0. The van der Waals surface area contributed by atoms with Crippen molar-refractivity contribution in [2.45, 2.75) is 149 Å². The molecule has 1 rings (SSSR count). The van der Waals surface area contributed by atoms with Crippen molar-refractivity contribution in [3.8, 4) is 0 Å². The van der Waals surface area contributed by atoms with Gasteiger partial charge in [0.05, 0.1) is 19.3 Å². The number of allylic oxidation sites excluding steroid dienone is 8. The summed E-state index contributed by atoms with van der Waals surface area (Å²) in [4.78, 5) is 34.9. The standard InChI is InChI=1S/C43H70NO10P/c1-5-7-8-9-16-21-27-38(45)28-22-17-12-10-11-13-19-24-30-42(46)50-34-39(35-52-55(48,49)51-33-32-44)53-43(47)31-25-20-15-14-18-23-29-41-37(4)36(3)40(54-41)26-6-2/h7-8,11-13,16-17,21-22,28,38-39,45H,5-6,9-10,14-15,18-20,23-27,29-35,44H2,1-4H3,(H,48,49)/b8-7-,13-11-,17-12-,21-16-,28-22+/t38?,39-/m1/s1. The Morgan fingerprint density at radius 3 is 2.16 bits per heavy atom. The van der Waals surface area contributed by atoms with Crippen LogP contribution in [0.1, 0.15) is 133 Å². The third kappa shape index (κ3) is 26.4. The number of ether oxygens (including phenoxy) is 2. The highest BCUT2D eigenvalue weighted by molar-refractivity contribution is 7.47. The summed E-state index contributed by atoms with van der Waals surface area (Å²) in [7, 11) is -4.42. The number of unbranched alkanes of at least 4 members (excludes halogenated alkanes) is 6. The lowest BCUT2D eigenvalue weighted by Gasteiger charge is -2.19. The first-order valence-corrected chi connectivity index (χ1v) is 21.7. The molecule has 0 saturated carbocycles. The van der Waals surface area contributed by atoms with E-state index in [0.29, 0.717) is 25.7 Å². The van der Waals surface area contributed by atoms with Crippen LogP contribution in [0.5, 0.6) is 0 Å². The molecule has 55 heavy (non-hydrogen) atoms. The average Bonchev–Trinajstić information content (AvgIpc) is 3.42. The van der Waals surface area contributed by atoms with Gasteiger partial charge >= 0.3 is 19.8 Å². The van der Waals surface area contributed by atoms with Crippen molar-refractivity contribution in [1.29, 1.82) is 0 Å². The number of aryl methyl sites for hydroxylation is 2. The molecule has 0 aliphatic rings. The van der Waals surface area contributed by atoms with E-state index < -0.39 is 38.6 Å². The summed E-state index contributed by atoms with van der Waals surface area (Å²) in [6.45, 7) is 7.57. The lowest BCUT2D eigenvalue weighted by Crippen LogP contribution is -2.29. The van der Waals surface area contributed by atoms with Gasteiger partial charge in [0, 0.05) is 32.2 Å². The van der Waals surface area contributed by atoms with Crippen molar-refractivity contribution in [2.75, 3.05) is 26.4 Å². The molecule has 1 heterocycles. The summed E-state index contributed by atoms with van der Waals surface area (Å²) >= 11 is 0. The highest BCUT2D eigenvalue weighted by atomic mass is 31.2. The van der Waals surface area contributed by atoms with Gasteiger partial charge in [-0.2, -0.15) is 0 Å². The highest BCUT2D eigenvalue weighted by Gasteiger charge is 2.26. The molecule has 0 bridgehead atoms. The first-order chi connectivity index (χ1) is 26.5. The molecule has 0 amide bonds. The number of aliphatic hydroxyl groups is 1. The van der Waals surface area contributed by atoms with Gasteiger partial charge in [0.25, 0.3) is 0 Å². The fraction of sp³-hybridized carbons (Fsp3) is 0.628. The molecule has 11 nitrogen and oxygen atoms in total. The lowest BCUT2D eigenvalue weighted by atomic mass is 10.0. The molecule has 1 aromatic rings. The van der Waals surface area contributed by atoms with Gasteiger partial charge in [-0.05, 0) is 82.8 Å². The minimum Gasteiger partial charge on any atom is -0.466 e. The third-order valence-corrected chi connectivity index (χ3v) is 9.66. The Kier molecular flexibility index (Phi) is 29.1. The van der Waals surface area contributed by atoms with Crippen molar-refractivity contribution in [3.63, 3.8) is 0 Å². The van der Waals surface area contributed by atoms with E-state index in [9.17, 15) is 24.2 Å². The number of hydrogen-bond donors (Lipinski definition) is 3. The highest BCUT2D eigenvalue weighted by Crippen LogP contribution is 2.43. The van der Waals surface area contributed by atoms with E-state index in [0.717, 1.165) is 82.1 Å². The van der Waals surface area contributed by atoms with E-state index >= 15 is 0 Å². The third-order valence-electron chi connectivity index (χ3n) is 8.67. The molecule has 12 heteroatoms. The van der Waals surface area contributed by atoms with Gasteiger partial charge in [-0.1, -0.05) is 100 Å². The first kappa shape index (κ1) is 50.0. The van der Waals surface area contributed by atoms with E-state index in [1.54, 1.807) is 6.08 Å². The summed E-state index contributed by atoms with van der Waals surface area (Å²) in [6.07, 6.45) is 31.5. The maximum atomic E-state index is 12.6. The molecule has 0 spiro atoms. The Morgan fingerprint density at radius 2 is 1.44 bits per heavy atom. The second-order valence-electron chi connectivity index (χ2n) is 13.6. The minimum atomic E-state index is -4.42. The maximum absolute atomic E-state index is 12.6. The first-order valence-electron chi connectivity index (χ1n) is 20.2. The van der Waals surface area contributed by atoms with Crippen LogP contribution in [0.25, 0.3) is 0 Å². The zero-order chi connectivity index (χ0) is 40.6. The number of aliphatic hydroxyl groups excluding tert-OH is 1. The number of phosphoric acid groups is 1. The monoisotopic (exact) mass is 791 g/mol. The van der Waals surface area contributed by atoms with Crippen LogP contribution in [0.15, 0.2) is 65.2 Å². The number of esters is 2. The Balaban J connectivity index is 2.36. The minimum absolute atomic E-state index is 0.0253. The van der Waals surface area contributed by atoms with Crippen molar-refractivity contribution >= 4 is 19.8 Å². The lowest BCUT2D eigenvalue weighted by molar-refractivity contribution is -0.161. The molecule has 312 valence electrons. The van der Waals surface area contributed by atoms with Gasteiger partial charge < -0.3 is 29.6 Å². The normalized spacial score (nSPS) is 14.5. The quantitative estimate of drug-likeness (QED) is 0.0204. The summed E-state index contributed by atoms with van der Waals surface area (Å²) in [5.74, 6) is 1.23. The smallest absolute Gasteiger partial charge is 0.466 e. The molecule has 0 saturated heterocycles. The van der Waals surface area contributed by atoms with Gasteiger partial charge in [0.1, 0.15) is 18.1 Å². The zero-order valence-electron chi connectivity index (χ0n) is 34.0. The molecular formula is C43H70NO10P. The Labute approximate surface area is 330 Å². The number of furan rings is 1. The molecule has 0 aliphatic carbocycles. The predicted octanol–water partition coefficient (Wildman–Crippen LogP) is 9.56. The number of phosphoric ester groups is 1. The summed E-state index contributed by atoms with van der Waals surface area (Å²) in [6, 6.07) is 0. The van der Waals surface area contributed by atoms with Crippen molar-refractivity contribution in [1.82, 2.24) is 0 Å². The zero-order valence-corrected chi connectivity index (χ0v) is 34.9. The molecule has 2 unspecified atom stereocenters. The van der Waals surface area contributed by atoms with Crippen LogP contribution >= 0.6 is 7.82 Å². The van der Waals surface area contributed by atoms with Crippen LogP contribution in [-0.4, -0.2) is 60.5 Å². The van der Waals surface area contributed by atoms with Gasteiger partial charge in [-0.15, -0.1) is 0 Å². The predicted molar refractivity (Wildman–Crippen MR) is 220 cm³/mol. The van der Waals surface area contributed by atoms with Crippen LogP contribution in [-0.2, 0) is 45.5 Å². The van der Waals surface area contributed by atoms with E-state index in [1.807, 2.05) is 42.5 Å². The van der Waals surface area contributed by atoms with E-state index in [4.69, 9.17) is 28.7 Å². The fourth-order valence-corrected chi connectivity index (χ4v) is 6.21. The van der Waals surface area contributed by atoms with Crippen LogP contribution < -0.4 is 5.73 Å². The number of rotatable bonds is 33. The van der Waals surface area contributed by atoms with Gasteiger partial charge in [0.2, 0.25) is 0 Å². The Bertz CT molecular complexity index is 1380. The van der Waals surface area contributed by atoms with Crippen molar-refractivity contribution in [3.05, 3.63) is 83.4 Å². The molecule has 0 aromatic carbocycles.